The van der Waals surface area contributed by atoms with E-state index in [0.717, 1.165) is 35.2 Å². The third-order valence-electron chi connectivity index (χ3n) is 5.02. The van der Waals surface area contributed by atoms with Gasteiger partial charge in [-0.3, -0.25) is 9.59 Å². The summed E-state index contributed by atoms with van der Waals surface area (Å²) in [6, 6.07) is 11.6. The number of ether oxygens (including phenoxy) is 1. The highest BCUT2D eigenvalue weighted by Gasteiger charge is 2.24. The van der Waals surface area contributed by atoms with E-state index in [1.54, 1.807) is 11.3 Å². The summed E-state index contributed by atoms with van der Waals surface area (Å²) in [6.07, 6.45) is 3.92. The Morgan fingerprint density at radius 3 is 2.52 bits per heavy atom. The number of halogens is 1. The first-order valence-corrected chi connectivity index (χ1v) is 11.7. The van der Waals surface area contributed by atoms with Gasteiger partial charge in [-0.05, 0) is 84.9 Å². The number of benzene rings is 1. The van der Waals surface area contributed by atoms with Gasteiger partial charge in [0.05, 0.1) is 10.4 Å². The van der Waals surface area contributed by atoms with E-state index in [1.165, 1.54) is 4.88 Å². The van der Waals surface area contributed by atoms with Crippen LogP contribution in [0.5, 0.6) is 5.75 Å². The largest absolute Gasteiger partial charge is 0.494 e. The zero-order chi connectivity index (χ0) is 20.6. The number of rotatable bonds is 8. The Balaban J connectivity index is 1.38. The van der Waals surface area contributed by atoms with Gasteiger partial charge >= 0.3 is 0 Å². The third-order valence-corrected chi connectivity index (χ3v) is 6.70. The van der Waals surface area contributed by atoms with E-state index in [2.05, 4.69) is 27.3 Å². The third kappa shape index (κ3) is 6.57. The minimum absolute atomic E-state index is 0.0416. The van der Waals surface area contributed by atoms with Crippen molar-refractivity contribution in [2.45, 2.75) is 45.1 Å². The van der Waals surface area contributed by atoms with E-state index >= 15 is 0 Å². The first-order chi connectivity index (χ1) is 14.0. The molecular formula is C22H27BrN2O3S. The zero-order valence-corrected chi connectivity index (χ0v) is 19.1. The van der Waals surface area contributed by atoms with Crippen LogP contribution < -0.4 is 10.1 Å². The summed E-state index contributed by atoms with van der Waals surface area (Å²) in [7, 11) is 0. The smallest absolute Gasteiger partial charge is 0.253 e. The molecule has 1 N–H and O–H groups in total. The van der Waals surface area contributed by atoms with Gasteiger partial charge in [-0.1, -0.05) is 0 Å². The molecule has 1 aromatic heterocycles. The fourth-order valence-corrected chi connectivity index (χ4v) is 5.00. The second-order valence-electron chi connectivity index (χ2n) is 7.15. The number of nitrogens with zero attached hydrogens (tertiary/aromatic N) is 1. The monoisotopic (exact) mass is 478 g/mol. The second-order valence-corrected chi connectivity index (χ2v) is 9.70. The summed E-state index contributed by atoms with van der Waals surface area (Å²) >= 11 is 5.18. The molecule has 2 amide bonds. The maximum atomic E-state index is 12.7. The molecule has 1 aliphatic heterocycles. The normalized spacial score (nSPS) is 14.6. The molecule has 5 nitrogen and oxygen atoms in total. The van der Waals surface area contributed by atoms with Gasteiger partial charge in [0.1, 0.15) is 5.75 Å². The number of piperidine rings is 1. The van der Waals surface area contributed by atoms with Crippen LogP contribution in [0.15, 0.2) is 40.2 Å². The molecule has 1 aromatic carbocycles. The molecule has 29 heavy (non-hydrogen) atoms. The van der Waals surface area contributed by atoms with Crippen molar-refractivity contribution in [3.05, 3.63) is 50.6 Å². The molecule has 1 fully saturated rings. The number of amides is 2. The van der Waals surface area contributed by atoms with Crippen molar-refractivity contribution in [2.75, 3.05) is 19.7 Å². The number of nitrogens with one attached hydrogen (secondary N) is 1. The Kier molecular flexibility index (Phi) is 8.12. The Morgan fingerprint density at radius 1 is 1.17 bits per heavy atom. The molecule has 1 aliphatic rings. The number of thiophene rings is 1. The fraction of sp³-hybridized carbons (Fsp3) is 0.455. The van der Waals surface area contributed by atoms with Crippen molar-refractivity contribution < 1.29 is 14.3 Å². The average molecular weight is 479 g/mol. The van der Waals surface area contributed by atoms with Crippen LogP contribution in [-0.2, 0) is 11.2 Å². The standard InChI is InChI=1S/C22H27BrN2O3S/c1-2-28-18-8-6-16(7-9-18)22(27)25-14-12-17(13-15-25)24-21(26)5-3-4-19-10-11-20(23)29-19/h6-11,17H,2-5,12-15H2,1H3,(H,24,26). The molecule has 3 rings (SSSR count). The lowest BCUT2D eigenvalue weighted by Gasteiger charge is -2.32. The van der Waals surface area contributed by atoms with Crippen LogP contribution in [0.3, 0.4) is 0 Å². The Hall–Kier alpha value is -1.86. The van der Waals surface area contributed by atoms with E-state index in [1.807, 2.05) is 42.2 Å². The lowest BCUT2D eigenvalue weighted by Crippen LogP contribution is -2.46. The average Bonchev–Trinajstić information content (AvgIpc) is 3.14. The molecule has 7 heteroatoms. The summed E-state index contributed by atoms with van der Waals surface area (Å²) in [6.45, 7) is 3.88. The summed E-state index contributed by atoms with van der Waals surface area (Å²) in [5.74, 6) is 0.925. The van der Waals surface area contributed by atoms with Gasteiger partial charge in [0.2, 0.25) is 5.91 Å². The summed E-state index contributed by atoms with van der Waals surface area (Å²) in [5.41, 5.74) is 0.677. The summed E-state index contributed by atoms with van der Waals surface area (Å²) in [4.78, 5) is 28.1. The highest BCUT2D eigenvalue weighted by Crippen LogP contribution is 2.23. The molecule has 0 saturated carbocycles. The molecule has 2 aromatic rings. The van der Waals surface area contributed by atoms with Crippen molar-refractivity contribution in [3.63, 3.8) is 0 Å². The van der Waals surface area contributed by atoms with Crippen LogP contribution in [0.1, 0.15) is 47.8 Å². The summed E-state index contributed by atoms with van der Waals surface area (Å²) in [5, 5.41) is 3.13. The van der Waals surface area contributed by atoms with Crippen molar-refractivity contribution in [1.29, 1.82) is 0 Å². The van der Waals surface area contributed by atoms with Crippen LogP contribution in [0.25, 0.3) is 0 Å². The molecule has 0 radical (unpaired) electrons. The highest BCUT2D eigenvalue weighted by atomic mass is 79.9. The number of carbonyl (C=O) groups is 2. The van der Waals surface area contributed by atoms with Gasteiger partial charge < -0.3 is 15.0 Å². The molecular weight excluding hydrogens is 452 g/mol. The first kappa shape index (κ1) is 21.8. The van der Waals surface area contributed by atoms with Gasteiger partial charge in [0.15, 0.2) is 0 Å². The SMILES string of the molecule is CCOc1ccc(C(=O)N2CCC(NC(=O)CCCc3ccc(Br)s3)CC2)cc1. The number of hydrogen-bond acceptors (Lipinski definition) is 4. The van der Waals surface area contributed by atoms with Crippen LogP contribution in [0.2, 0.25) is 0 Å². The Morgan fingerprint density at radius 2 is 1.90 bits per heavy atom. The first-order valence-electron chi connectivity index (χ1n) is 10.1. The summed E-state index contributed by atoms with van der Waals surface area (Å²) < 4.78 is 6.55. The van der Waals surface area contributed by atoms with Gasteiger partial charge in [0, 0.05) is 36.0 Å². The van der Waals surface area contributed by atoms with E-state index in [0.29, 0.717) is 31.7 Å². The van der Waals surface area contributed by atoms with Crippen LogP contribution in [-0.4, -0.2) is 42.5 Å². The van der Waals surface area contributed by atoms with Crippen LogP contribution in [0, 0.1) is 0 Å². The minimum Gasteiger partial charge on any atom is -0.494 e. The second kappa shape index (κ2) is 10.8. The Bertz CT molecular complexity index is 814. The number of likely N-dealkylation sites (tertiary alicyclic amines) is 1. The predicted molar refractivity (Wildman–Crippen MR) is 120 cm³/mol. The molecule has 0 unspecified atom stereocenters. The minimum atomic E-state index is 0.0416. The number of carbonyl (C=O) groups excluding carboxylic acids is 2. The van der Waals surface area contributed by atoms with Crippen LogP contribution in [0.4, 0.5) is 0 Å². The van der Waals surface area contributed by atoms with Gasteiger partial charge in [0.25, 0.3) is 5.91 Å². The maximum Gasteiger partial charge on any atom is 0.253 e. The van der Waals surface area contributed by atoms with E-state index < -0.39 is 0 Å². The fourth-order valence-electron chi connectivity index (χ4n) is 3.48. The number of aryl methyl sites for hydroxylation is 1. The molecule has 0 bridgehead atoms. The molecule has 0 spiro atoms. The van der Waals surface area contributed by atoms with Crippen molar-refractivity contribution in [1.82, 2.24) is 10.2 Å². The maximum absolute atomic E-state index is 12.7. The molecule has 2 heterocycles. The predicted octanol–water partition coefficient (Wildman–Crippen LogP) is 4.65. The zero-order valence-electron chi connectivity index (χ0n) is 16.7. The van der Waals surface area contributed by atoms with Crippen molar-refractivity contribution in [2.24, 2.45) is 0 Å². The van der Waals surface area contributed by atoms with E-state index in [4.69, 9.17) is 4.74 Å². The Labute approximate surface area is 184 Å². The van der Waals surface area contributed by atoms with Crippen molar-refractivity contribution in [3.8, 4) is 5.75 Å². The van der Waals surface area contributed by atoms with E-state index in [-0.39, 0.29) is 17.9 Å². The lowest BCUT2D eigenvalue weighted by atomic mass is 10.0. The van der Waals surface area contributed by atoms with E-state index in [9.17, 15) is 9.59 Å². The molecule has 0 aliphatic carbocycles. The van der Waals surface area contributed by atoms with Crippen molar-refractivity contribution >= 4 is 39.1 Å². The highest BCUT2D eigenvalue weighted by molar-refractivity contribution is 9.11. The molecule has 1 saturated heterocycles. The topological polar surface area (TPSA) is 58.6 Å². The molecule has 156 valence electrons. The van der Waals surface area contributed by atoms with Gasteiger partial charge in [-0.2, -0.15) is 0 Å². The van der Waals surface area contributed by atoms with Crippen LogP contribution >= 0.6 is 27.3 Å². The lowest BCUT2D eigenvalue weighted by molar-refractivity contribution is -0.122. The van der Waals surface area contributed by atoms with Gasteiger partial charge in [-0.15, -0.1) is 11.3 Å². The van der Waals surface area contributed by atoms with Gasteiger partial charge in [-0.25, -0.2) is 0 Å². The quantitative estimate of drug-likeness (QED) is 0.600. The number of hydrogen-bond donors (Lipinski definition) is 1. The molecule has 0 atom stereocenters.